The maximum atomic E-state index is 13.6. The van der Waals surface area contributed by atoms with Gasteiger partial charge in [-0.15, -0.1) is 0 Å². The van der Waals surface area contributed by atoms with E-state index in [4.69, 9.17) is 11.6 Å². The summed E-state index contributed by atoms with van der Waals surface area (Å²) in [5.41, 5.74) is 0.819. The minimum absolute atomic E-state index is 0.126. The van der Waals surface area contributed by atoms with Crippen molar-refractivity contribution in [3.05, 3.63) is 70.5 Å². The Morgan fingerprint density at radius 3 is 2.50 bits per heavy atom. The SMILES string of the molecule is CN(Cc1ccccc1F)C(=O)CCNC(=O)c1ccccc1Cl. The number of hydrogen-bond acceptors (Lipinski definition) is 2. The Balaban J connectivity index is 1.82. The van der Waals surface area contributed by atoms with Gasteiger partial charge in [-0.2, -0.15) is 0 Å². The molecular formula is C18H18ClFN2O2. The highest BCUT2D eigenvalue weighted by atomic mass is 35.5. The summed E-state index contributed by atoms with van der Waals surface area (Å²) in [6.45, 7) is 0.370. The molecule has 2 aromatic carbocycles. The molecule has 0 bridgehead atoms. The molecule has 0 aliphatic carbocycles. The van der Waals surface area contributed by atoms with Crippen LogP contribution in [0.2, 0.25) is 5.02 Å². The second-order valence-electron chi connectivity index (χ2n) is 5.33. The van der Waals surface area contributed by atoms with Gasteiger partial charge in [0.2, 0.25) is 5.91 Å². The first-order valence-corrected chi connectivity index (χ1v) is 7.87. The summed E-state index contributed by atoms with van der Waals surface area (Å²) in [6, 6.07) is 13.0. The smallest absolute Gasteiger partial charge is 0.252 e. The molecule has 0 aliphatic heterocycles. The van der Waals surface area contributed by atoms with Crippen LogP contribution in [-0.2, 0) is 11.3 Å². The highest BCUT2D eigenvalue weighted by Crippen LogP contribution is 2.14. The quantitative estimate of drug-likeness (QED) is 0.871. The van der Waals surface area contributed by atoms with E-state index in [2.05, 4.69) is 5.32 Å². The van der Waals surface area contributed by atoms with Gasteiger partial charge in [-0.25, -0.2) is 4.39 Å². The molecule has 0 aromatic heterocycles. The topological polar surface area (TPSA) is 49.4 Å². The van der Waals surface area contributed by atoms with E-state index >= 15 is 0 Å². The molecule has 2 aromatic rings. The number of rotatable bonds is 6. The van der Waals surface area contributed by atoms with Gasteiger partial charge in [0.05, 0.1) is 10.6 Å². The summed E-state index contributed by atoms with van der Waals surface area (Å²) >= 11 is 5.94. The fraction of sp³-hybridized carbons (Fsp3) is 0.222. The number of halogens is 2. The third-order valence-corrected chi connectivity index (χ3v) is 3.86. The van der Waals surface area contributed by atoms with Crippen LogP contribution in [0.5, 0.6) is 0 Å². The molecule has 0 saturated carbocycles. The Labute approximate surface area is 145 Å². The number of carbonyl (C=O) groups is 2. The van der Waals surface area contributed by atoms with Gasteiger partial charge in [-0.1, -0.05) is 41.9 Å². The largest absolute Gasteiger partial charge is 0.351 e. The molecule has 0 aliphatic rings. The van der Waals surface area contributed by atoms with Crippen molar-refractivity contribution in [2.75, 3.05) is 13.6 Å². The molecule has 1 N–H and O–H groups in total. The molecule has 0 unspecified atom stereocenters. The molecule has 0 spiro atoms. The first-order valence-electron chi connectivity index (χ1n) is 7.49. The van der Waals surface area contributed by atoms with Crippen LogP contribution < -0.4 is 5.32 Å². The second kappa shape index (κ2) is 8.45. The molecule has 0 atom stereocenters. The molecular weight excluding hydrogens is 331 g/mol. The van der Waals surface area contributed by atoms with Crippen LogP contribution in [0.3, 0.4) is 0 Å². The average Bonchev–Trinajstić information content (AvgIpc) is 2.57. The Bertz CT molecular complexity index is 736. The molecule has 0 heterocycles. The van der Waals surface area contributed by atoms with Crippen LogP contribution in [0.25, 0.3) is 0 Å². The van der Waals surface area contributed by atoms with Crippen molar-refractivity contribution in [2.45, 2.75) is 13.0 Å². The molecule has 0 radical (unpaired) electrons. The van der Waals surface area contributed by atoms with Crippen molar-refractivity contribution in [3.63, 3.8) is 0 Å². The maximum Gasteiger partial charge on any atom is 0.252 e. The molecule has 0 fully saturated rings. The summed E-state index contributed by atoms with van der Waals surface area (Å²) in [5.74, 6) is -0.855. The zero-order chi connectivity index (χ0) is 17.5. The lowest BCUT2D eigenvalue weighted by Gasteiger charge is -2.18. The second-order valence-corrected chi connectivity index (χ2v) is 5.73. The van der Waals surface area contributed by atoms with Crippen molar-refractivity contribution < 1.29 is 14.0 Å². The van der Waals surface area contributed by atoms with Gasteiger partial charge >= 0.3 is 0 Å². The lowest BCUT2D eigenvalue weighted by molar-refractivity contribution is -0.130. The standard InChI is InChI=1S/C18H18ClFN2O2/c1-22(12-13-6-2-5-9-16(13)20)17(23)10-11-21-18(24)14-7-3-4-8-15(14)19/h2-9H,10-12H2,1H3,(H,21,24). The van der Waals surface area contributed by atoms with Crippen LogP contribution in [0.1, 0.15) is 22.3 Å². The minimum Gasteiger partial charge on any atom is -0.351 e. The number of hydrogen-bond donors (Lipinski definition) is 1. The zero-order valence-corrected chi connectivity index (χ0v) is 14.0. The summed E-state index contributed by atoms with van der Waals surface area (Å²) < 4.78 is 13.6. The minimum atomic E-state index is -0.343. The van der Waals surface area contributed by atoms with Gasteiger partial charge in [-0.3, -0.25) is 9.59 Å². The molecule has 0 saturated heterocycles. The zero-order valence-electron chi connectivity index (χ0n) is 13.3. The molecule has 4 nitrogen and oxygen atoms in total. The summed E-state index contributed by atoms with van der Waals surface area (Å²) in [7, 11) is 1.60. The van der Waals surface area contributed by atoms with Crippen molar-refractivity contribution in [1.82, 2.24) is 10.2 Å². The number of nitrogens with one attached hydrogen (secondary N) is 1. The maximum absolute atomic E-state index is 13.6. The van der Waals surface area contributed by atoms with Crippen LogP contribution in [0, 0.1) is 5.82 Å². The third kappa shape index (κ3) is 4.80. The Morgan fingerprint density at radius 2 is 1.79 bits per heavy atom. The Morgan fingerprint density at radius 1 is 1.12 bits per heavy atom. The predicted molar refractivity (Wildman–Crippen MR) is 91.3 cm³/mol. The van der Waals surface area contributed by atoms with Crippen LogP contribution >= 0.6 is 11.6 Å². The van der Waals surface area contributed by atoms with Gasteiger partial charge in [-0.05, 0) is 18.2 Å². The van der Waals surface area contributed by atoms with Gasteiger partial charge in [0.1, 0.15) is 5.82 Å². The van der Waals surface area contributed by atoms with Crippen molar-refractivity contribution in [2.24, 2.45) is 0 Å². The normalized spacial score (nSPS) is 10.3. The predicted octanol–water partition coefficient (Wildman–Crippen LogP) is 3.26. The number of benzene rings is 2. The van der Waals surface area contributed by atoms with E-state index < -0.39 is 0 Å². The van der Waals surface area contributed by atoms with E-state index in [-0.39, 0.29) is 37.1 Å². The summed E-state index contributed by atoms with van der Waals surface area (Å²) in [5, 5.41) is 3.02. The van der Waals surface area contributed by atoms with E-state index in [0.29, 0.717) is 16.1 Å². The fourth-order valence-electron chi connectivity index (χ4n) is 2.18. The number of amides is 2. The molecule has 6 heteroatoms. The van der Waals surface area contributed by atoms with Crippen LogP contribution in [-0.4, -0.2) is 30.3 Å². The van der Waals surface area contributed by atoms with Gasteiger partial charge in [0, 0.05) is 32.1 Å². The molecule has 24 heavy (non-hydrogen) atoms. The molecule has 2 amide bonds. The first kappa shape index (κ1) is 17.9. The van der Waals surface area contributed by atoms with Crippen molar-refractivity contribution >= 4 is 23.4 Å². The van der Waals surface area contributed by atoms with Gasteiger partial charge < -0.3 is 10.2 Å². The third-order valence-electron chi connectivity index (χ3n) is 3.53. The molecule has 126 valence electrons. The van der Waals surface area contributed by atoms with E-state index in [1.54, 1.807) is 49.5 Å². The van der Waals surface area contributed by atoms with E-state index in [9.17, 15) is 14.0 Å². The van der Waals surface area contributed by atoms with Crippen LogP contribution in [0.4, 0.5) is 4.39 Å². The monoisotopic (exact) mass is 348 g/mol. The fourth-order valence-corrected chi connectivity index (χ4v) is 2.41. The van der Waals surface area contributed by atoms with E-state index in [0.717, 1.165) is 0 Å². The van der Waals surface area contributed by atoms with E-state index in [1.807, 2.05) is 0 Å². The number of carbonyl (C=O) groups excluding carboxylic acids is 2. The Kier molecular flexibility index (Phi) is 6.32. The molecule has 2 rings (SSSR count). The van der Waals surface area contributed by atoms with Gasteiger partial charge in [0.25, 0.3) is 5.91 Å². The van der Waals surface area contributed by atoms with Crippen molar-refractivity contribution in [1.29, 1.82) is 0 Å². The van der Waals surface area contributed by atoms with Crippen molar-refractivity contribution in [3.8, 4) is 0 Å². The van der Waals surface area contributed by atoms with Crippen LogP contribution in [0.15, 0.2) is 48.5 Å². The Hall–Kier alpha value is -2.40. The highest BCUT2D eigenvalue weighted by Gasteiger charge is 2.13. The lowest BCUT2D eigenvalue weighted by atomic mass is 10.2. The lowest BCUT2D eigenvalue weighted by Crippen LogP contribution is -2.32. The van der Waals surface area contributed by atoms with Gasteiger partial charge in [0.15, 0.2) is 0 Å². The summed E-state index contributed by atoms with van der Waals surface area (Å²) in [6.07, 6.45) is 0.126. The van der Waals surface area contributed by atoms with E-state index in [1.165, 1.54) is 11.0 Å². The average molecular weight is 349 g/mol. The first-order chi connectivity index (χ1) is 11.5. The summed E-state index contributed by atoms with van der Waals surface area (Å²) in [4.78, 5) is 25.5. The number of nitrogens with zero attached hydrogens (tertiary/aromatic N) is 1. The highest BCUT2D eigenvalue weighted by molar-refractivity contribution is 6.33.